The normalized spacial score (nSPS) is 17.3. The third-order valence-corrected chi connectivity index (χ3v) is 4.36. The van der Waals surface area contributed by atoms with Crippen LogP contribution in [-0.4, -0.2) is 43.9 Å². The van der Waals surface area contributed by atoms with Gasteiger partial charge in [0.2, 0.25) is 0 Å². The van der Waals surface area contributed by atoms with E-state index in [0.29, 0.717) is 0 Å². The van der Waals surface area contributed by atoms with Gasteiger partial charge in [-0.2, -0.15) is 0 Å². The van der Waals surface area contributed by atoms with Crippen LogP contribution in [0, 0.1) is 0 Å². The van der Waals surface area contributed by atoms with Gasteiger partial charge in [-0.15, -0.1) is 11.8 Å². The molecule has 1 fully saturated rings. The molecule has 0 atom stereocenters. The number of nitrogens with one attached hydrogen (secondary N) is 1. The van der Waals surface area contributed by atoms with Gasteiger partial charge in [0, 0.05) is 37.6 Å². The summed E-state index contributed by atoms with van der Waals surface area (Å²) in [6.45, 7) is 5.70. The molecule has 17 heavy (non-hydrogen) atoms. The SMILES string of the molecule is CSc1ccc(CCN2CCNCC2)cc1Cl. The van der Waals surface area contributed by atoms with Crippen molar-refractivity contribution in [3.63, 3.8) is 0 Å². The molecule has 4 heteroatoms. The van der Waals surface area contributed by atoms with Gasteiger partial charge in [0.1, 0.15) is 0 Å². The van der Waals surface area contributed by atoms with Gasteiger partial charge in [-0.25, -0.2) is 0 Å². The van der Waals surface area contributed by atoms with E-state index in [0.717, 1.165) is 49.1 Å². The lowest BCUT2D eigenvalue weighted by molar-refractivity contribution is 0.244. The van der Waals surface area contributed by atoms with Crippen molar-refractivity contribution >= 4 is 23.4 Å². The molecule has 1 aromatic carbocycles. The molecule has 2 rings (SSSR count). The van der Waals surface area contributed by atoms with Crippen LogP contribution >= 0.6 is 23.4 Å². The van der Waals surface area contributed by atoms with E-state index in [2.05, 4.69) is 34.7 Å². The Morgan fingerprint density at radius 1 is 1.35 bits per heavy atom. The molecule has 0 amide bonds. The third-order valence-electron chi connectivity index (χ3n) is 3.14. The van der Waals surface area contributed by atoms with Crippen LogP contribution in [-0.2, 0) is 6.42 Å². The quantitative estimate of drug-likeness (QED) is 0.847. The first-order chi connectivity index (χ1) is 8.29. The molecule has 2 nitrogen and oxygen atoms in total. The van der Waals surface area contributed by atoms with E-state index in [9.17, 15) is 0 Å². The van der Waals surface area contributed by atoms with Crippen molar-refractivity contribution in [3.8, 4) is 0 Å². The maximum Gasteiger partial charge on any atom is 0.0544 e. The van der Waals surface area contributed by atoms with Crippen molar-refractivity contribution < 1.29 is 0 Å². The van der Waals surface area contributed by atoms with Gasteiger partial charge >= 0.3 is 0 Å². The van der Waals surface area contributed by atoms with Gasteiger partial charge in [0.15, 0.2) is 0 Å². The third kappa shape index (κ3) is 3.88. The van der Waals surface area contributed by atoms with Gasteiger partial charge in [0.05, 0.1) is 5.02 Å². The van der Waals surface area contributed by atoms with Crippen molar-refractivity contribution in [1.29, 1.82) is 0 Å². The van der Waals surface area contributed by atoms with E-state index in [-0.39, 0.29) is 0 Å². The summed E-state index contributed by atoms with van der Waals surface area (Å²) >= 11 is 7.91. The molecule has 0 unspecified atom stereocenters. The molecular weight excluding hydrogens is 252 g/mol. The molecule has 0 radical (unpaired) electrons. The molecule has 0 aromatic heterocycles. The van der Waals surface area contributed by atoms with Crippen LogP contribution in [0.4, 0.5) is 0 Å². The van der Waals surface area contributed by atoms with E-state index in [1.165, 1.54) is 5.56 Å². The number of benzene rings is 1. The van der Waals surface area contributed by atoms with E-state index in [1.807, 2.05) is 0 Å². The van der Waals surface area contributed by atoms with Gasteiger partial charge in [-0.1, -0.05) is 17.7 Å². The van der Waals surface area contributed by atoms with Crippen LogP contribution in [0.5, 0.6) is 0 Å². The summed E-state index contributed by atoms with van der Waals surface area (Å²) in [6, 6.07) is 6.43. The number of hydrogen-bond acceptors (Lipinski definition) is 3. The zero-order chi connectivity index (χ0) is 12.1. The summed E-state index contributed by atoms with van der Waals surface area (Å²) in [5.41, 5.74) is 1.34. The maximum absolute atomic E-state index is 6.21. The van der Waals surface area contributed by atoms with Crippen LogP contribution in [0.25, 0.3) is 0 Å². The molecule has 0 aliphatic carbocycles. The van der Waals surface area contributed by atoms with E-state index >= 15 is 0 Å². The number of nitrogens with zero attached hydrogens (tertiary/aromatic N) is 1. The summed E-state index contributed by atoms with van der Waals surface area (Å²) in [7, 11) is 0. The minimum atomic E-state index is 0.885. The predicted molar refractivity (Wildman–Crippen MR) is 76.2 cm³/mol. The van der Waals surface area contributed by atoms with Crippen molar-refractivity contribution in [2.75, 3.05) is 39.0 Å². The monoisotopic (exact) mass is 270 g/mol. The Morgan fingerprint density at radius 2 is 2.12 bits per heavy atom. The highest BCUT2D eigenvalue weighted by atomic mass is 35.5. The average molecular weight is 271 g/mol. The highest BCUT2D eigenvalue weighted by Crippen LogP contribution is 2.26. The highest BCUT2D eigenvalue weighted by molar-refractivity contribution is 7.98. The van der Waals surface area contributed by atoms with Crippen LogP contribution in [0.2, 0.25) is 5.02 Å². The molecule has 1 saturated heterocycles. The first kappa shape index (κ1) is 13.2. The Kier molecular flexibility index (Phi) is 5.16. The van der Waals surface area contributed by atoms with E-state index < -0.39 is 0 Å². The summed E-state index contributed by atoms with van der Waals surface area (Å²) in [4.78, 5) is 3.67. The van der Waals surface area contributed by atoms with Crippen LogP contribution in [0.3, 0.4) is 0 Å². The molecule has 0 spiro atoms. The zero-order valence-corrected chi connectivity index (χ0v) is 11.8. The van der Waals surface area contributed by atoms with Crippen molar-refractivity contribution in [2.45, 2.75) is 11.3 Å². The second-order valence-electron chi connectivity index (χ2n) is 4.31. The van der Waals surface area contributed by atoms with Gasteiger partial charge in [0.25, 0.3) is 0 Å². The van der Waals surface area contributed by atoms with E-state index in [1.54, 1.807) is 11.8 Å². The summed E-state index contributed by atoms with van der Waals surface area (Å²) in [5.74, 6) is 0. The van der Waals surface area contributed by atoms with Crippen molar-refractivity contribution in [3.05, 3.63) is 28.8 Å². The minimum Gasteiger partial charge on any atom is -0.314 e. The first-order valence-electron chi connectivity index (χ1n) is 6.05. The number of piperazine rings is 1. The molecule has 1 aliphatic rings. The minimum absolute atomic E-state index is 0.885. The highest BCUT2D eigenvalue weighted by Gasteiger charge is 2.09. The summed E-state index contributed by atoms with van der Waals surface area (Å²) in [6.07, 6.45) is 3.15. The average Bonchev–Trinajstić information content (AvgIpc) is 2.38. The zero-order valence-electron chi connectivity index (χ0n) is 10.2. The number of thioether (sulfide) groups is 1. The standard InChI is InChI=1S/C13H19ClN2S/c1-17-13-3-2-11(10-12(13)14)4-7-16-8-5-15-6-9-16/h2-3,10,15H,4-9H2,1H3. The summed E-state index contributed by atoms with van der Waals surface area (Å²) < 4.78 is 0. The van der Waals surface area contributed by atoms with Crippen LogP contribution < -0.4 is 5.32 Å². The fraction of sp³-hybridized carbons (Fsp3) is 0.538. The van der Waals surface area contributed by atoms with Crippen molar-refractivity contribution in [2.24, 2.45) is 0 Å². The lowest BCUT2D eigenvalue weighted by Crippen LogP contribution is -2.44. The predicted octanol–water partition coefficient (Wildman–Crippen LogP) is 2.51. The Morgan fingerprint density at radius 3 is 2.76 bits per heavy atom. The molecule has 1 N–H and O–H groups in total. The lowest BCUT2D eigenvalue weighted by atomic mass is 10.1. The Bertz CT molecular complexity index is 364. The lowest BCUT2D eigenvalue weighted by Gasteiger charge is -2.27. The summed E-state index contributed by atoms with van der Waals surface area (Å²) in [5, 5.41) is 4.26. The number of halogens is 1. The van der Waals surface area contributed by atoms with Crippen molar-refractivity contribution in [1.82, 2.24) is 10.2 Å². The topological polar surface area (TPSA) is 15.3 Å². The second kappa shape index (κ2) is 6.64. The van der Waals surface area contributed by atoms with Gasteiger partial charge < -0.3 is 10.2 Å². The second-order valence-corrected chi connectivity index (χ2v) is 5.57. The molecule has 0 saturated carbocycles. The smallest absolute Gasteiger partial charge is 0.0544 e. The molecule has 94 valence electrons. The molecular formula is C13H19ClN2S. The van der Waals surface area contributed by atoms with Crippen LogP contribution in [0.1, 0.15) is 5.56 Å². The first-order valence-corrected chi connectivity index (χ1v) is 7.65. The molecule has 1 aromatic rings. The largest absolute Gasteiger partial charge is 0.314 e. The number of hydrogen-bond donors (Lipinski definition) is 1. The van der Waals surface area contributed by atoms with E-state index in [4.69, 9.17) is 11.6 Å². The van der Waals surface area contributed by atoms with Crippen LogP contribution in [0.15, 0.2) is 23.1 Å². The van der Waals surface area contributed by atoms with Gasteiger partial charge in [-0.3, -0.25) is 0 Å². The Balaban J connectivity index is 1.87. The van der Waals surface area contributed by atoms with Gasteiger partial charge in [-0.05, 0) is 30.4 Å². The fourth-order valence-corrected chi connectivity index (χ4v) is 2.98. The molecule has 0 bridgehead atoms. The number of rotatable bonds is 4. The molecule has 1 heterocycles. The molecule has 1 aliphatic heterocycles. The maximum atomic E-state index is 6.21. The Labute approximate surface area is 113 Å². The Hall–Kier alpha value is -0.220. The fourth-order valence-electron chi connectivity index (χ4n) is 2.09.